The first kappa shape index (κ1) is 19.5. The molecule has 2 aromatic rings. The normalized spacial score (nSPS) is 11.3. The summed E-state index contributed by atoms with van der Waals surface area (Å²) in [5.41, 5.74) is 0.776. The second-order valence-corrected chi connectivity index (χ2v) is 7.60. The van der Waals surface area contributed by atoms with Crippen molar-refractivity contribution in [2.75, 3.05) is 6.54 Å². The van der Waals surface area contributed by atoms with Crippen LogP contribution in [0.1, 0.15) is 12.0 Å². The van der Waals surface area contributed by atoms with Crippen LogP contribution in [0.3, 0.4) is 0 Å². The zero-order valence-electron chi connectivity index (χ0n) is 12.8. The van der Waals surface area contributed by atoms with E-state index in [1.807, 2.05) is 6.07 Å². The number of hydrogen-bond acceptors (Lipinski definition) is 4. The molecule has 0 radical (unpaired) electrons. The van der Waals surface area contributed by atoms with Crippen LogP contribution in [-0.4, -0.2) is 20.9 Å². The smallest absolute Gasteiger partial charge is 0.307 e. The lowest BCUT2D eigenvalue weighted by atomic mass is 10.2. The van der Waals surface area contributed by atoms with Crippen molar-refractivity contribution >= 4 is 31.9 Å². The largest absolute Gasteiger partial charge is 0.461 e. The summed E-state index contributed by atoms with van der Waals surface area (Å²) in [7, 11) is -4.04. The Morgan fingerprint density at radius 1 is 1.12 bits per heavy atom. The highest BCUT2D eigenvalue weighted by atomic mass is 79.9. The van der Waals surface area contributed by atoms with E-state index in [4.69, 9.17) is 4.74 Å². The SMILES string of the molecule is O=C(CCNS(=O)(=O)c1ccc(F)c(F)c1)OCc1ccccc1Br. The average molecular weight is 434 g/mol. The molecule has 0 amide bonds. The van der Waals surface area contributed by atoms with E-state index in [0.717, 1.165) is 22.2 Å². The van der Waals surface area contributed by atoms with Crippen molar-refractivity contribution in [1.29, 1.82) is 0 Å². The zero-order valence-corrected chi connectivity index (χ0v) is 15.2. The van der Waals surface area contributed by atoms with E-state index in [9.17, 15) is 22.0 Å². The predicted molar refractivity (Wildman–Crippen MR) is 90.1 cm³/mol. The summed E-state index contributed by atoms with van der Waals surface area (Å²) in [6.45, 7) is -0.174. The summed E-state index contributed by atoms with van der Waals surface area (Å²) in [6, 6.07) is 9.43. The number of esters is 1. The summed E-state index contributed by atoms with van der Waals surface area (Å²) in [5, 5.41) is 0. The minimum atomic E-state index is -4.04. The number of carbonyl (C=O) groups is 1. The summed E-state index contributed by atoms with van der Waals surface area (Å²) in [6.07, 6.45) is -0.201. The van der Waals surface area contributed by atoms with Crippen molar-refractivity contribution in [2.24, 2.45) is 0 Å². The lowest BCUT2D eigenvalue weighted by molar-refractivity contribution is -0.144. The van der Waals surface area contributed by atoms with Gasteiger partial charge in [0.1, 0.15) is 6.61 Å². The fourth-order valence-electron chi connectivity index (χ4n) is 1.86. The van der Waals surface area contributed by atoms with Gasteiger partial charge in [-0.15, -0.1) is 0 Å². The van der Waals surface area contributed by atoms with Gasteiger partial charge in [-0.05, 0) is 24.3 Å². The third-order valence-electron chi connectivity index (χ3n) is 3.17. The van der Waals surface area contributed by atoms with E-state index >= 15 is 0 Å². The van der Waals surface area contributed by atoms with Crippen LogP contribution in [0.5, 0.6) is 0 Å². The molecule has 2 rings (SSSR count). The average Bonchev–Trinajstić information content (AvgIpc) is 2.56. The van der Waals surface area contributed by atoms with E-state index in [1.54, 1.807) is 18.2 Å². The Balaban J connectivity index is 1.84. The van der Waals surface area contributed by atoms with Gasteiger partial charge in [-0.25, -0.2) is 21.9 Å². The Labute approximate surface area is 152 Å². The summed E-state index contributed by atoms with van der Waals surface area (Å²) in [4.78, 5) is 11.2. The molecule has 0 atom stereocenters. The Morgan fingerprint density at radius 2 is 1.84 bits per heavy atom. The molecule has 0 aliphatic heterocycles. The molecule has 0 heterocycles. The first-order valence-electron chi connectivity index (χ1n) is 7.13. The van der Waals surface area contributed by atoms with E-state index in [0.29, 0.717) is 6.07 Å². The topological polar surface area (TPSA) is 72.5 Å². The molecule has 0 aliphatic carbocycles. The number of sulfonamides is 1. The van der Waals surface area contributed by atoms with Gasteiger partial charge in [0.15, 0.2) is 11.6 Å². The predicted octanol–water partition coefficient (Wildman–Crippen LogP) is 3.14. The molecule has 0 aromatic heterocycles. The Bertz CT molecular complexity index is 874. The molecular weight excluding hydrogens is 420 g/mol. The number of ether oxygens (including phenoxy) is 1. The molecule has 0 bridgehead atoms. The molecule has 25 heavy (non-hydrogen) atoms. The lowest BCUT2D eigenvalue weighted by Crippen LogP contribution is -2.27. The minimum absolute atomic E-state index is 0.0518. The Hall–Kier alpha value is -1.84. The van der Waals surface area contributed by atoms with Gasteiger partial charge in [0, 0.05) is 16.6 Å². The molecule has 134 valence electrons. The monoisotopic (exact) mass is 433 g/mol. The molecule has 0 aliphatic rings. The van der Waals surface area contributed by atoms with Crippen LogP contribution in [0.15, 0.2) is 51.8 Å². The zero-order chi connectivity index (χ0) is 18.4. The van der Waals surface area contributed by atoms with Crippen LogP contribution in [0.2, 0.25) is 0 Å². The second-order valence-electron chi connectivity index (χ2n) is 4.98. The second kappa shape index (κ2) is 8.50. The molecule has 5 nitrogen and oxygen atoms in total. The minimum Gasteiger partial charge on any atom is -0.461 e. The highest BCUT2D eigenvalue weighted by Crippen LogP contribution is 2.17. The summed E-state index contributed by atoms with van der Waals surface area (Å²) < 4.78 is 57.8. The molecule has 0 fully saturated rings. The molecular formula is C16H14BrF2NO4S. The van der Waals surface area contributed by atoms with Gasteiger partial charge in [0.25, 0.3) is 0 Å². The van der Waals surface area contributed by atoms with Crippen LogP contribution in [0.4, 0.5) is 8.78 Å². The van der Waals surface area contributed by atoms with Crippen LogP contribution in [0, 0.1) is 11.6 Å². The van der Waals surface area contributed by atoms with Crippen LogP contribution < -0.4 is 4.72 Å². The molecule has 1 N–H and O–H groups in total. The molecule has 2 aromatic carbocycles. The van der Waals surface area contributed by atoms with Crippen molar-refractivity contribution < 1.29 is 26.7 Å². The highest BCUT2D eigenvalue weighted by molar-refractivity contribution is 9.10. The fourth-order valence-corrected chi connectivity index (χ4v) is 3.30. The van der Waals surface area contributed by atoms with Crippen molar-refractivity contribution in [1.82, 2.24) is 4.72 Å². The number of rotatable bonds is 7. The summed E-state index contributed by atoms with van der Waals surface area (Å²) >= 11 is 3.32. The lowest BCUT2D eigenvalue weighted by Gasteiger charge is -2.08. The van der Waals surface area contributed by atoms with Gasteiger partial charge in [-0.3, -0.25) is 4.79 Å². The van der Waals surface area contributed by atoms with Gasteiger partial charge in [0.05, 0.1) is 11.3 Å². The number of halogens is 3. The van der Waals surface area contributed by atoms with Crippen LogP contribution in [-0.2, 0) is 26.2 Å². The van der Waals surface area contributed by atoms with Crippen molar-refractivity contribution in [3.63, 3.8) is 0 Å². The molecule has 0 spiro atoms. The van der Waals surface area contributed by atoms with Gasteiger partial charge in [-0.2, -0.15) is 0 Å². The molecule has 9 heteroatoms. The first-order chi connectivity index (χ1) is 11.8. The third-order valence-corrected chi connectivity index (χ3v) is 5.40. The van der Waals surface area contributed by atoms with Gasteiger partial charge in [-0.1, -0.05) is 34.1 Å². The number of hydrogen-bond donors (Lipinski definition) is 1. The molecule has 0 unspecified atom stereocenters. The number of carbonyl (C=O) groups excluding carboxylic acids is 1. The van der Waals surface area contributed by atoms with Crippen molar-refractivity contribution in [3.8, 4) is 0 Å². The van der Waals surface area contributed by atoms with Gasteiger partial charge in [0.2, 0.25) is 10.0 Å². The van der Waals surface area contributed by atoms with E-state index in [2.05, 4.69) is 20.7 Å². The van der Waals surface area contributed by atoms with E-state index < -0.39 is 32.5 Å². The Morgan fingerprint density at radius 3 is 2.52 bits per heavy atom. The maximum Gasteiger partial charge on any atom is 0.307 e. The summed E-state index contributed by atoms with van der Waals surface area (Å²) in [5.74, 6) is -3.01. The maximum absolute atomic E-state index is 13.1. The number of nitrogens with one attached hydrogen (secondary N) is 1. The molecule has 0 saturated heterocycles. The van der Waals surface area contributed by atoms with E-state index in [-0.39, 0.29) is 19.6 Å². The fraction of sp³-hybridized carbons (Fsp3) is 0.188. The highest BCUT2D eigenvalue weighted by Gasteiger charge is 2.17. The maximum atomic E-state index is 13.1. The quantitative estimate of drug-likeness (QED) is 0.680. The van der Waals surface area contributed by atoms with Crippen molar-refractivity contribution in [2.45, 2.75) is 17.9 Å². The molecule has 0 saturated carbocycles. The van der Waals surface area contributed by atoms with Crippen LogP contribution in [0.25, 0.3) is 0 Å². The Kier molecular flexibility index (Phi) is 6.63. The first-order valence-corrected chi connectivity index (χ1v) is 9.41. The van der Waals surface area contributed by atoms with Gasteiger partial charge >= 0.3 is 5.97 Å². The van der Waals surface area contributed by atoms with Crippen molar-refractivity contribution in [3.05, 3.63) is 64.1 Å². The van der Waals surface area contributed by atoms with E-state index in [1.165, 1.54) is 0 Å². The van der Waals surface area contributed by atoms with Crippen LogP contribution >= 0.6 is 15.9 Å². The third kappa shape index (κ3) is 5.58. The number of benzene rings is 2. The standard InChI is InChI=1S/C16H14BrF2NO4S/c17-13-4-2-1-3-11(13)10-24-16(21)7-8-20-25(22,23)12-5-6-14(18)15(19)9-12/h1-6,9,20H,7-8,10H2. The van der Waals surface area contributed by atoms with Gasteiger partial charge < -0.3 is 4.74 Å².